The number of hydrogen-bond acceptors (Lipinski definition) is 5. The van der Waals surface area contributed by atoms with E-state index in [1.165, 1.54) is 5.56 Å². The monoisotopic (exact) mass is 435 g/mol. The molecule has 5 nitrogen and oxygen atoms in total. The van der Waals surface area contributed by atoms with Crippen LogP contribution in [0.4, 0.5) is 0 Å². The van der Waals surface area contributed by atoms with Crippen LogP contribution in [0.25, 0.3) is 0 Å². The molecule has 2 aromatic carbocycles. The fourth-order valence-electron chi connectivity index (χ4n) is 4.76. The highest BCUT2D eigenvalue weighted by molar-refractivity contribution is 6.10. The topological polar surface area (TPSA) is 55.8 Å². The molecule has 2 heterocycles. The molecule has 0 N–H and O–H groups in total. The number of ether oxygens (including phenoxy) is 2. The maximum atomic E-state index is 13.0. The molecule has 1 spiro atoms. The summed E-state index contributed by atoms with van der Waals surface area (Å²) in [6, 6.07) is 13.6. The smallest absolute Gasteiger partial charge is 0.307 e. The standard InChI is InChI=1S/C27H33NO4/c1-19-7-5-6-8-21(19)25(30)20-9-10-22-23(17-20)31-18-27(22)12-15-28(16-13-27)14-11-24(29)32-26(2,3)4/h5-10,17H,11-16,18H2,1-4H3. The summed E-state index contributed by atoms with van der Waals surface area (Å²) < 4.78 is 11.5. The third kappa shape index (κ3) is 4.73. The molecule has 0 atom stereocenters. The number of esters is 1. The van der Waals surface area contributed by atoms with E-state index in [1.807, 2.05) is 64.1 Å². The molecule has 4 rings (SSSR count). The Bertz CT molecular complexity index is 1010. The van der Waals surface area contributed by atoms with E-state index in [0.29, 0.717) is 18.6 Å². The van der Waals surface area contributed by atoms with Gasteiger partial charge in [0, 0.05) is 28.7 Å². The van der Waals surface area contributed by atoms with Gasteiger partial charge in [0.15, 0.2) is 5.78 Å². The van der Waals surface area contributed by atoms with Crippen molar-refractivity contribution in [1.82, 2.24) is 4.90 Å². The summed E-state index contributed by atoms with van der Waals surface area (Å²) >= 11 is 0. The Kier molecular flexibility index (Phi) is 6.13. The molecular weight excluding hydrogens is 402 g/mol. The Hall–Kier alpha value is -2.66. The van der Waals surface area contributed by atoms with E-state index in [0.717, 1.165) is 49.4 Å². The zero-order valence-corrected chi connectivity index (χ0v) is 19.6. The Balaban J connectivity index is 1.39. The van der Waals surface area contributed by atoms with Crippen molar-refractivity contribution in [3.63, 3.8) is 0 Å². The van der Waals surface area contributed by atoms with Gasteiger partial charge in [-0.1, -0.05) is 36.4 Å². The van der Waals surface area contributed by atoms with E-state index in [-0.39, 0.29) is 17.2 Å². The maximum Gasteiger partial charge on any atom is 0.307 e. The van der Waals surface area contributed by atoms with E-state index in [2.05, 4.69) is 11.0 Å². The first-order chi connectivity index (χ1) is 15.2. The van der Waals surface area contributed by atoms with Crippen LogP contribution in [0.5, 0.6) is 5.75 Å². The summed E-state index contributed by atoms with van der Waals surface area (Å²) in [4.78, 5) is 27.4. The molecule has 1 saturated heterocycles. The van der Waals surface area contributed by atoms with Gasteiger partial charge in [0.05, 0.1) is 13.0 Å². The van der Waals surface area contributed by atoms with Crippen LogP contribution in [0.1, 0.15) is 67.1 Å². The maximum absolute atomic E-state index is 13.0. The normalized spacial score (nSPS) is 17.6. The Morgan fingerprint density at radius 1 is 1.09 bits per heavy atom. The average molecular weight is 436 g/mol. The summed E-state index contributed by atoms with van der Waals surface area (Å²) in [5.74, 6) is 0.734. The van der Waals surface area contributed by atoms with E-state index < -0.39 is 5.60 Å². The van der Waals surface area contributed by atoms with Gasteiger partial charge in [-0.25, -0.2) is 0 Å². The van der Waals surface area contributed by atoms with Gasteiger partial charge >= 0.3 is 5.97 Å². The molecule has 1 fully saturated rings. The van der Waals surface area contributed by atoms with Crippen LogP contribution in [-0.2, 0) is 14.9 Å². The van der Waals surface area contributed by atoms with E-state index in [1.54, 1.807) is 0 Å². The van der Waals surface area contributed by atoms with Crippen molar-refractivity contribution in [3.8, 4) is 5.75 Å². The Labute approximate surface area is 190 Å². The largest absolute Gasteiger partial charge is 0.492 e. The molecule has 0 unspecified atom stereocenters. The van der Waals surface area contributed by atoms with Crippen molar-refractivity contribution >= 4 is 11.8 Å². The lowest BCUT2D eigenvalue weighted by atomic mass is 9.74. The lowest BCUT2D eigenvalue weighted by Gasteiger charge is -2.38. The molecule has 2 aliphatic rings. The van der Waals surface area contributed by atoms with Gasteiger partial charge in [0.2, 0.25) is 0 Å². The second-order valence-electron chi connectivity index (χ2n) is 10.1. The van der Waals surface area contributed by atoms with Gasteiger partial charge in [-0.2, -0.15) is 0 Å². The van der Waals surface area contributed by atoms with Crippen molar-refractivity contribution in [2.45, 2.75) is 58.0 Å². The molecule has 0 saturated carbocycles. The fourth-order valence-corrected chi connectivity index (χ4v) is 4.76. The number of rotatable bonds is 5. The van der Waals surface area contributed by atoms with Gasteiger partial charge in [-0.3, -0.25) is 9.59 Å². The fraction of sp³-hybridized carbons (Fsp3) is 0.481. The number of carbonyl (C=O) groups is 2. The Morgan fingerprint density at radius 3 is 2.50 bits per heavy atom. The van der Waals surface area contributed by atoms with Crippen molar-refractivity contribution in [2.24, 2.45) is 0 Å². The van der Waals surface area contributed by atoms with Crippen LogP contribution in [0.2, 0.25) is 0 Å². The highest BCUT2D eigenvalue weighted by Gasteiger charge is 2.43. The molecular formula is C27H33NO4. The number of carbonyl (C=O) groups excluding carboxylic acids is 2. The van der Waals surface area contributed by atoms with Gasteiger partial charge in [-0.05, 0) is 65.3 Å². The quantitative estimate of drug-likeness (QED) is 0.504. The van der Waals surface area contributed by atoms with Gasteiger partial charge in [0.1, 0.15) is 11.4 Å². The summed E-state index contributed by atoms with van der Waals surface area (Å²) in [7, 11) is 0. The third-order valence-corrected chi connectivity index (χ3v) is 6.57. The van der Waals surface area contributed by atoms with Crippen molar-refractivity contribution in [1.29, 1.82) is 0 Å². The number of likely N-dealkylation sites (tertiary alicyclic amines) is 1. The zero-order valence-electron chi connectivity index (χ0n) is 19.6. The van der Waals surface area contributed by atoms with Crippen LogP contribution in [0, 0.1) is 6.92 Å². The molecule has 0 aliphatic carbocycles. The van der Waals surface area contributed by atoms with Crippen LogP contribution in [0.15, 0.2) is 42.5 Å². The number of nitrogens with zero attached hydrogens (tertiary/aromatic N) is 1. The first kappa shape index (κ1) is 22.5. The SMILES string of the molecule is Cc1ccccc1C(=O)c1ccc2c(c1)OCC21CCN(CCC(=O)OC(C)(C)C)CC1. The van der Waals surface area contributed by atoms with Gasteiger partial charge < -0.3 is 14.4 Å². The minimum absolute atomic E-state index is 0.00198. The predicted octanol–water partition coefficient (Wildman–Crippen LogP) is 4.68. The lowest BCUT2D eigenvalue weighted by molar-refractivity contribution is -0.155. The summed E-state index contributed by atoms with van der Waals surface area (Å²) in [6.45, 7) is 10.9. The van der Waals surface area contributed by atoms with Crippen LogP contribution in [-0.4, -0.2) is 48.5 Å². The third-order valence-electron chi connectivity index (χ3n) is 6.57. The molecule has 0 amide bonds. The predicted molar refractivity (Wildman–Crippen MR) is 124 cm³/mol. The van der Waals surface area contributed by atoms with E-state index >= 15 is 0 Å². The highest BCUT2D eigenvalue weighted by Crippen LogP contribution is 2.46. The molecule has 0 aromatic heterocycles. The highest BCUT2D eigenvalue weighted by atomic mass is 16.6. The Morgan fingerprint density at radius 2 is 1.81 bits per heavy atom. The number of ketones is 1. The van der Waals surface area contributed by atoms with Crippen molar-refractivity contribution in [3.05, 3.63) is 64.7 Å². The average Bonchev–Trinajstić information content (AvgIpc) is 3.09. The number of benzene rings is 2. The summed E-state index contributed by atoms with van der Waals surface area (Å²) in [6.07, 6.45) is 2.39. The van der Waals surface area contributed by atoms with Crippen molar-refractivity contribution in [2.75, 3.05) is 26.2 Å². The molecule has 32 heavy (non-hydrogen) atoms. The van der Waals surface area contributed by atoms with Crippen molar-refractivity contribution < 1.29 is 19.1 Å². The molecule has 5 heteroatoms. The second kappa shape index (κ2) is 8.70. The van der Waals surface area contributed by atoms with Gasteiger partial charge in [-0.15, -0.1) is 0 Å². The molecule has 2 aromatic rings. The lowest BCUT2D eigenvalue weighted by Crippen LogP contribution is -2.44. The minimum Gasteiger partial charge on any atom is -0.492 e. The number of fused-ring (bicyclic) bond motifs is 2. The first-order valence-corrected chi connectivity index (χ1v) is 11.5. The first-order valence-electron chi connectivity index (χ1n) is 11.5. The van der Waals surface area contributed by atoms with Crippen LogP contribution < -0.4 is 4.74 Å². The summed E-state index contributed by atoms with van der Waals surface area (Å²) in [5, 5.41) is 0. The minimum atomic E-state index is -0.437. The van der Waals surface area contributed by atoms with Crippen LogP contribution in [0.3, 0.4) is 0 Å². The van der Waals surface area contributed by atoms with Crippen LogP contribution >= 0.6 is 0 Å². The molecule has 0 bridgehead atoms. The number of aryl methyl sites for hydroxylation is 1. The zero-order chi connectivity index (χ0) is 22.9. The van der Waals surface area contributed by atoms with E-state index in [4.69, 9.17) is 9.47 Å². The molecule has 2 aliphatic heterocycles. The summed E-state index contributed by atoms with van der Waals surface area (Å²) in [5.41, 5.74) is 3.16. The van der Waals surface area contributed by atoms with E-state index in [9.17, 15) is 9.59 Å². The second-order valence-corrected chi connectivity index (χ2v) is 10.1. The molecule has 170 valence electrons. The number of piperidine rings is 1. The van der Waals surface area contributed by atoms with Gasteiger partial charge in [0.25, 0.3) is 0 Å². The molecule has 0 radical (unpaired) electrons. The number of hydrogen-bond donors (Lipinski definition) is 0.